The van der Waals surface area contributed by atoms with Crippen LogP contribution in [0.25, 0.3) is 33.9 Å². The fourth-order valence-electron chi connectivity index (χ4n) is 6.52. The molecule has 1 fully saturated rings. The third-order valence-electron chi connectivity index (χ3n) is 9.38. The monoisotopic (exact) mass is 751 g/mol. The quantitative estimate of drug-likeness (QED) is 0.0923. The van der Waals surface area contributed by atoms with Gasteiger partial charge in [-0.15, -0.1) is 10.2 Å². The molecule has 2 aromatic heterocycles. The molecule has 6 aromatic rings. The summed E-state index contributed by atoms with van der Waals surface area (Å²) in [4.78, 5) is 36.1. The van der Waals surface area contributed by atoms with Gasteiger partial charge in [0, 0.05) is 42.8 Å². The second-order valence-corrected chi connectivity index (χ2v) is 13.8. The average molecular weight is 752 g/mol. The van der Waals surface area contributed by atoms with Crippen molar-refractivity contribution >= 4 is 29.4 Å². The molecule has 0 saturated carbocycles. The maximum Gasteiger partial charge on any atom is 0.243 e. The Morgan fingerprint density at radius 2 is 1.23 bits per heavy atom. The van der Waals surface area contributed by atoms with E-state index in [0.717, 1.165) is 59.6 Å². The molecule has 12 heteroatoms. The SMILES string of the molecule is CCCc1cccc(-c2cc(NC(=O)[C@H](N)CN)nn2-c2ccccc2)c1.CCCc1cccc(-c2cc(NC(=O)[C@H]3CNC(=O)C3)nn2-c2ccccc2)c1. The van der Waals surface area contributed by atoms with Gasteiger partial charge in [-0.05, 0) is 60.4 Å². The van der Waals surface area contributed by atoms with Crippen LogP contribution in [0.15, 0.2) is 121 Å². The number of benzene rings is 4. The molecule has 3 heterocycles. The van der Waals surface area contributed by atoms with E-state index in [2.05, 4.69) is 76.4 Å². The van der Waals surface area contributed by atoms with Gasteiger partial charge in [0.1, 0.15) is 0 Å². The van der Waals surface area contributed by atoms with Crippen molar-refractivity contribution in [3.63, 3.8) is 0 Å². The molecule has 0 aliphatic carbocycles. The van der Waals surface area contributed by atoms with Gasteiger partial charge >= 0.3 is 0 Å². The number of carbonyl (C=O) groups excluding carboxylic acids is 3. The van der Waals surface area contributed by atoms with Crippen LogP contribution in [-0.4, -0.2) is 56.4 Å². The highest BCUT2D eigenvalue weighted by Gasteiger charge is 2.28. The van der Waals surface area contributed by atoms with Crippen molar-refractivity contribution in [1.29, 1.82) is 0 Å². The topological polar surface area (TPSA) is 175 Å². The van der Waals surface area contributed by atoms with E-state index in [-0.39, 0.29) is 36.6 Å². The molecular weight excluding hydrogens is 703 g/mol. The Morgan fingerprint density at radius 3 is 1.68 bits per heavy atom. The van der Waals surface area contributed by atoms with Crippen molar-refractivity contribution in [1.82, 2.24) is 24.9 Å². The van der Waals surface area contributed by atoms with Crippen molar-refractivity contribution < 1.29 is 14.4 Å². The predicted octanol–water partition coefficient (Wildman–Crippen LogP) is 6.28. The molecule has 1 aliphatic rings. The number of nitrogens with two attached hydrogens (primary N) is 2. The third-order valence-corrected chi connectivity index (χ3v) is 9.38. The maximum atomic E-state index is 12.5. The lowest BCUT2D eigenvalue weighted by Crippen LogP contribution is -2.41. The van der Waals surface area contributed by atoms with E-state index < -0.39 is 6.04 Å². The molecular formula is C44H49N9O3. The van der Waals surface area contributed by atoms with Gasteiger partial charge in [-0.25, -0.2) is 9.36 Å². The van der Waals surface area contributed by atoms with E-state index in [1.807, 2.05) is 94.3 Å². The molecule has 1 aliphatic heterocycles. The number of rotatable bonds is 13. The molecule has 2 atom stereocenters. The Labute approximate surface area is 327 Å². The number of carbonyl (C=O) groups is 3. The molecule has 7 N–H and O–H groups in total. The minimum atomic E-state index is -0.761. The van der Waals surface area contributed by atoms with Crippen LogP contribution in [0.1, 0.15) is 44.2 Å². The first-order chi connectivity index (χ1) is 27.3. The van der Waals surface area contributed by atoms with Gasteiger partial charge in [-0.2, -0.15) is 0 Å². The summed E-state index contributed by atoms with van der Waals surface area (Å²) in [6.07, 6.45) is 4.41. The zero-order valence-electron chi connectivity index (χ0n) is 31.8. The Morgan fingerprint density at radius 1 is 0.732 bits per heavy atom. The molecule has 7 rings (SSSR count). The highest BCUT2D eigenvalue weighted by Crippen LogP contribution is 2.29. The summed E-state index contributed by atoms with van der Waals surface area (Å²) in [5.74, 6) is -0.0549. The number of amides is 3. The van der Waals surface area contributed by atoms with E-state index in [0.29, 0.717) is 18.2 Å². The van der Waals surface area contributed by atoms with Gasteiger partial charge in [-0.1, -0.05) is 99.5 Å². The van der Waals surface area contributed by atoms with Gasteiger partial charge in [0.05, 0.1) is 34.7 Å². The largest absolute Gasteiger partial charge is 0.355 e. The smallest absolute Gasteiger partial charge is 0.243 e. The van der Waals surface area contributed by atoms with Gasteiger partial charge in [0.15, 0.2) is 11.6 Å². The predicted molar refractivity (Wildman–Crippen MR) is 221 cm³/mol. The minimum Gasteiger partial charge on any atom is -0.355 e. The Balaban J connectivity index is 0.000000190. The molecule has 4 aromatic carbocycles. The van der Waals surface area contributed by atoms with Crippen molar-refractivity contribution in [2.45, 2.75) is 52.0 Å². The number of anilines is 2. The minimum absolute atomic E-state index is 0.0805. The number of nitrogens with zero attached hydrogens (tertiary/aromatic N) is 4. The first-order valence-corrected chi connectivity index (χ1v) is 19.1. The van der Waals surface area contributed by atoms with Crippen LogP contribution in [0.2, 0.25) is 0 Å². The number of hydrogen-bond acceptors (Lipinski definition) is 7. The molecule has 0 bridgehead atoms. The molecule has 56 heavy (non-hydrogen) atoms. The van der Waals surface area contributed by atoms with Crippen molar-refractivity contribution in [3.05, 3.63) is 132 Å². The molecule has 0 unspecified atom stereocenters. The Kier molecular flexibility index (Phi) is 13.2. The van der Waals surface area contributed by atoms with E-state index >= 15 is 0 Å². The fraction of sp³-hybridized carbons (Fsp3) is 0.250. The number of aryl methyl sites for hydroxylation is 2. The van der Waals surface area contributed by atoms with E-state index in [9.17, 15) is 14.4 Å². The summed E-state index contributed by atoms with van der Waals surface area (Å²) in [6, 6.07) is 39.4. The van der Waals surface area contributed by atoms with Gasteiger partial charge in [-0.3, -0.25) is 14.4 Å². The van der Waals surface area contributed by atoms with Gasteiger partial charge < -0.3 is 27.4 Å². The van der Waals surface area contributed by atoms with E-state index in [4.69, 9.17) is 11.5 Å². The zero-order chi connectivity index (χ0) is 39.4. The number of para-hydroxylation sites is 2. The van der Waals surface area contributed by atoms with E-state index in [1.165, 1.54) is 11.1 Å². The van der Waals surface area contributed by atoms with Crippen molar-refractivity contribution in [2.75, 3.05) is 23.7 Å². The number of aromatic nitrogens is 4. The fourth-order valence-corrected chi connectivity index (χ4v) is 6.52. The van der Waals surface area contributed by atoms with Crippen LogP contribution in [0.4, 0.5) is 11.6 Å². The van der Waals surface area contributed by atoms with Crippen LogP contribution in [-0.2, 0) is 27.2 Å². The standard InChI is InChI=1S/C23H24N4O2.C21H25N5O/c1-2-7-16-8-6-9-17(12-16)20-14-21(25-23(29)18-13-22(28)24-15-18)26-27(20)19-10-4-3-5-11-19;1-2-7-15-8-6-9-16(12-15)19-13-20(24-21(27)18(23)14-22)25-26(19)17-10-4-3-5-11-17/h3-6,8-12,14,18H,2,7,13,15H2,1H3,(H,24,28)(H,25,26,29);3-6,8-13,18H,2,7,14,22-23H2,1H3,(H,24,25,27)/t2*18-/m11/s1. The first-order valence-electron chi connectivity index (χ1n) is 19.1. The molecule has 3 amide bonds. The second kappa shape index (κ2) is 18.8. The van der Waals surface area contributed by atoms with Gasteiger partial charge in [0.2, 0.25) is 17.7 Å². The lowest BCUT2D eigenvalue weighted by atomic mass is 10.0. The zero-order valence-corrected chi connectivity index (χ0v) is 31.8. The van der Waals surface area contributed by atoms with E-state index in [1.54, 1.807) is 0 Å². The first kappa shape index (κ1) is 39.3. The normalized spacial score (nSPS) is 14.0. The van der Waals surface area contributed by atoms with Crippen LogP contribution < -0.4 is 27.4 Å². The number of hydrogen-bond donors (Lipinski definition) is 5. The molecule has 12 nitrogen and oxygen atoms in total. The highest BCUT2D eigenvalue weighted by molar-refractivity contribution is 5.97. The molecule has 0 radical (unpaired) electrons. The van der Waals surface area contributed by atoms with Crippen LogP contribution in [0.5, 0.6) is 0 Å². The van der Waals surface area contributed by atoms with Crippen molar-refractivity contribution in [2.24, 2.45) is 17.4 Å². The van der Waals surface area contributed by atoms with Crippen LogP contribution in [0.3, 0.4) is 0 Å². The summed E-state index contributed by atoms with van der Waals surface area (Å²) in [5.41, 5.74) is 19.5. The molecule has 1 saturated heterocycles. The summed E-state index contributed by atoms with van der Waals surface area (Å²) < 4.78 is 3.67. The average Bonchev–Trinajstić information content (AvgIpc) is 3.98. The summed E-state index contributed by atoms with van der Waals surface area (Å²) in [6.45, 7) is 4.78. The highest BCUT2D eigenvalue weighted by atomic mass is 16.2. The van der Waals surface area contributed by atoms with Crippen molar-refractivity contribution in [3.8, 4) is 33.9 Å². The molecule has 288 valence electrons. The summed E-state index contributed by atoms with van der Waals surface area (Å²) >= 11 is 0. The number of nitrogens with one attached hydrogen (secondary N) is 3. The Bertz CT molecular complexity index is 2250. The second-order valence-electron chi connectivity index (χ2n) is 13.8. The lowest BCUT2D eigenvalue weighted by molar-refractivity contribution is -0.123. The lowest BCUT2D eigenvalue weighted by Gasteiger charge is -2.09. The third kappa shape index (κ3) is 9.83. The summed E-state index contributed by atoms with van der Waals surface area (Å²) in [7, 11) is 0. The Hall–Kier alpha value is -6.37. The van der Waals surface area contributed by atoms with Crippen LogP contribution >= 0.6 is 0 Å². The van der Waals surface area contributed by atoms with Gasteiger partial charge in [0.25, 0.3) is 0 Å². The van der Waals surface area contributed by atoms with Crippen LogP contribution in [0, 0.1) is 5.92 Å². The maximum absolute atomic E-state index is 12.5. The summed E-state index contributed by atoms with van der Waals surface area (Å²) in [5, 5.41) is 17.6. The molecule has 0 spiro atoms.